The molecule has 1 aromatic heterocycles. The number of ether oxygens (including phenoxy) is 1. The molecule has 21 heavy (non-hydrogen) atoms. The predicted molar refractivity (Wildman–Crippen MR) is 82.7 cm³/mol. The molecular formula is C15H16N2O3S. The maximum atomic E-state index is 11.9. The maximum absolute atomic E-state index is 11.9. The van der Waals surface area contributed by atoms with E-state index in [1.54, 1.807) is 5.38 Å². The molecule has 2 amide bonds. The Morgan fingerprint density at radius 1 is 1.24 bits per heavy atom. The Morgan fingerprint density at radius 3 is 2.62 bits per heavy atom. The highest BCUT2D eigenvalue weighted by atomic mass is 32.1. The minimum atomic E-state index is -0.452. The summed E-state index contributed by atoms with van der Waals surface area (Å²) in [7, 11) is 1.32. The molecule has 0 aliphatic rings. The molecule has 2 rings (SSSR count). The van der Waals surface area contributed by atoms with E-state index in [1.807, 2.05) is 37.3 Å². The van der Waals surface area contributed by atoms with Crippen LogP contribution in [-0.4, -0.2) is 19.1 Å². The molecule has 1 aromatic carbocycles. The summed E-state index contributed by atoms with van der Waals surface area (Å²) in [5, 5.41) is 7.26. The lowest BCUT2D eigenvalue weighted by atomic mass is 10.2. The van der Waals surface area contributed by atoms with Crippen molar-refractivity contribution in [1.29, 1.82) is 0 Å². The molecule has 0 saturated heterocycles. The monoisotopic (exact) mass is 304 g/mol. The fourth-order valence-electron chi connectivity index (χ4n) is 1.78. The Hall–Kier alpha value is -2.34. The number of carbonyl (C=O) groups is 2. The molecule has 2 aromatic rings. The molecule has 0 spiro atoms. The highest BCUT2D eigenvalue weighted by Gasteiger charge is 2.18. The summed E-state index contributed by atoms with van der Waals surface area (Å²) < 4.78 is 4.70. The first-order valence-electron chi connectivity index (χ1n) is 6.37. The number of methoxy groups -OCH3 is 1. The summed E-state index contributed by atoms with van der Waals surface area (Å²) >= 11 is 1.25. The normalized spacial score (nSPS) is 10.0. The molecule has 5 nitrogen and oxygen atoms in total. The second-order valence-corrected chi connectivity index (χ2v) is 5.29. The van der Waals surface area contributed by atoms with Crippen LogP contribution < -0.4 is 10.6 Å². The molecular weight excluding hydrogens is 288 g/mol. The Balaban J connectivity index is 2.00. The highest BCUT2D eigenvalue weighted by Crippen LogP contribution is 2.28. The standard InChI is InChI=1S/C15H16N2O3S/c1-10-9-21-13(14(18)20-2)12(10)17-15(19)16-8-11-6-4-3-5-7-11/h3-7,9H,8H2,1-2H3,(H2,16,17,19). The van der Waals surface area contributed by atoms with Crippen molar-refractivity contribution in [2.24, 2.45) is 0 Å². The maximum Gasteiger partial charge on any atom is 0.350 e. The first-order valence-corrected chi connectivity index (χ1v) is 7.25. The van der Waals surface area contributed by atoms with Crippen molar-refractivity contribution in [3.8, 4) is 0 Å². The quantitative estimate of drug-likeness (QED) is 0.853. The van der Waals surface area contributed by atoms with Gasteiger partial charge in [0.1, 0.15) is 4.88 Å². The van der Waals surface area contributed by atoms with Gasteiger partial charge in [-0.2, -0.15) is 0 Å². The van der Waals surface area contributed by atoms with E-state index < -0.39 is 5.97 Å². The molecule has 0 fully saturated rings. The smallest absolute Gasteiger partial charge is 0.350 e. The number of hydrogen-bond donors (Lipinski definition) is 2. The Morgan fingerprint density at radius 2 is 1.95 bits per heavy atom. The van der Waals surface area contributed by atoms with Crippen LogP contribution in [0.2, 0.25) is 0 Å². The number of nitrogens with one attached hydrogen (secondary N) is 2. The van der Waals surface area contributed by atoms with E-state index in [0.717, 1.165) is 11.1 Å². The molecule has 0 aliphatic carbocycles. The third-order valence-corrected chi connectivity index (χ3v) is 3.96. The van der Waals surface area contributed by atoms with Crippen LogP contribution in [0.5, 0.6) is 0 Å². The van der Waals surface area contributed by atoms with E-state index in [-0.39, 0.29) is 6.03 Å². The topological polar surface area (TPSA) is 67.4 Å². The van der Waals surface area contributed by atoms with E-state index in [1.165, 1.54) is 18.4 Å². The van der Waals surface area contributed by atoms with Crippen LogP contribution in [-0.2, 0) is 11.3 Å². The molecule has 0 atom stereocenters. The van der Waals surface area contributed by atoms with Gasteiger partial charge in [-0.05, 0) is 23.4 Å². The fraction of sp³-hybridized carbons (Fsp3) is 0.200. The fourth-order valence-corrected chi connectivity index (χ4v) is 2.70. The van der Waals surface area contributed by atoms with Gasteiger partial charge in [0.05, 0.1) is 12.8 Å². The lowest BCUT2D eigenvalue weighted by Gasteiger charge is -2.09. The van der Waals surface area contributed by atoms with Gasteiger partial charge in [-0.3, -0.25) is 0 Å². The average molecular weight is 304 g/mol. The second-order valence-electron chi connectivity index (χ2n) is 4.41. The van der Waals surface area contributed by atoms with Crippen molar-refractivity contribution in [2.75, 3.05) is 12.4 Å². The molecule has 0 saturated carbocycles. The number of amides is 2. The SMILES string of the molecule is COC(=O)c1scc(C)c1NC(=O)NCc1ccccc1. The zero-order valence-electron chi connectivity index (χ0n) is 11.8. The lowest BCUT2D eigenvalue weighted by Crippen LogP contribution is -2.28. The van der Waals surface area contributed by atoms with E-state index in [4.69, 9.17) is 4.74 Å². The van der Waals surface area contributed by atoms with E-state index in [9.17, 15) is 9.59 Å². The van der Waals surface area contributed by atoms with E-state index in [2.05, 4.69) is 10.6 Å². The number of carbonyl (C=O) groups excluding carboxylic acids is 2. The Labute approximate surface area is 126 Å². The number of anilines is 1. The van der Waals surface area contributed by atoms with Crippen molar-refractivity contribution in [3.63, 3.8) is 0 Å². The summed E-state index contributed by atoms with van der Waals surface area (Å²) in [6.07, 6.45) is 0. The number of urea groups is 1. The van der Waals surface area contributed by atoms with Gasteiger partial charge < -0.3 is 15.4 Å². The number of aryl methyl sites for hydroxylation is 1. The Kier molecular flexibility index (Phi) is 4.94. The number of benzene rings is 1. The minimum Gasteiger partial charge on any atom is -0.465 e. The van der Waals surface area contributed by atoms with Gasteiger partial charge >= 0.3 is 12.0 Å². The van der Waals surface area contributed by atoms with Crippen molar-refractivity contribution < 1.29 is 14.3 Å². The molecule has 110 valence electrons. The van der Waals surface area contributed by atoms with Crippen molar-refractivity contribution in [1.82, 2.24) is 5.32 Å². The molecule has 6 heteroatoms. The van der Waals surface area contributed by atoms with Gasteiger partial charge in [-0.25, -0.2) is 9.59 Å². The lowest BCUT2D eigenvalue weighted by molar-refractivity contribution is 0.0607. The van der Waals surface area contributed by atoms with Crippen LogP contribution in [0.4, 0.5) is 10.5 Å². The third kappa shape index (κ3) is 3.82. The molecule has 0 unspecified atom stereocenters. The number of thiophene rings is 1. The molecule has 0 bridgehead atoms. The van der Waals surface area contributed by atoms with Crippen molar-refractivity contribution >= 4 is 29.0 Å². The predicted octanol–water partition coefficient (Wildman–Crippen LogP) is 3.16. The van der Waals surface area contributed by atoms with Gasteiger partial charge in [0.2, 0.25) is 0 Å². The summed E-state index contributed by atoms with van der Waals surface area (Å²) in [6.45, 7) is 2.25. The van der Waals surface area contributed by atoms with Gasteiger partial charge in [0.15, 0.2) is 0 Å². The van der Waals surface area contributed by atoms with Crippen molar-refractivity contribution in [2.45, 2.75) is 13.5 Å². The zero-order chi connectivity index (χ0) is 15.2. The summed E-state index contributed by atoms with van der Waals surface area (Å²) in [4.78, 5) is 23.9. The van der Waals surface area contributed by atoms with E-state index >= 15 is 0 Å². The van der Waals surface area contributed by atoms with Crippen LogP contribution in [0.1, 0.15) is 20.8 Å². The van der Waals surface area contributed by atoms with E-state index in [0.29, 0.717) is 17.1 Å². The van der Waals surface area contributed by atoms with Gasteiger partial charge in [0, 0.05) is 6.54 Å². The third-order valence-electron chi connectivity index (χ3n) is 2.88. The van der Waals surface area contributed by atoms with Crippen molar-refractivity contribution in [3.05, 3.63) is 51.7 Å². The largest absolute Gasteiger partial charge is 0.465 e. The molecule has 0 aliphatic heterocycles. The molecule has 1 heterocycles. The van der Waals surface area contributed by atoms with Gasteiger partial charge in [-0.1, -0.05) is 30.3 Å². The van der Waals surface area contributed by atoms with Crippen LogP contribution in [0, 0.1) is 6.92 Å². The second kappa shape index (κ2) is 6.90. The Bertz CT molecular complexity index is 638. The highest BCUT2D eigenvalue weighted by molar-refractivity contribution is 7.12. The first kappa shape index (κ1) is 15.1. The number of rotatable bonds is 4. The van der Waals surface area contributed by atoms with Crippen LogP contribution in [0.3, 0.4) is 0 Å². The van der Waals surface area contributed by atoms with Crippen LogP contribution >= 0.6 is 11.3 Å². The summed E-state index contributed by atoms with van der Waals surface area (Å²) in [6, 6.07) is 9.23. The molecule has 0 radical (unpaired) electrons. The minimum absolute atomic E-state index is 0.356. The first-order chi connectivity index (χ1) is 10.1. The van der Waals surface area contributed by atoms with Crippen LogP contribution in [0.25, 0.3) is 0 Å². The van der Waals surface area contributed by atoms with Gasteiger partial charge in [-0.15, -0.1) is 11.3 Å². The molecule has 2 N–H and O–H groups in total. The zero-order valence-corrected chi connectivity index (χ0v) is 12.6. The average Bonchev–Trinajstić information content (AvgIpc) is 2.86. The van der Waals surface area contributed by atoms with Gasteiger partial charge in [0.25, 0.3) is 0 Å². The summed E-state index contributed by atoms with van der Waals surface area (Å²) in [5.41, 5.74) is 2.33. The summed E-state index contributed by atoms with van der Waals surface area (Å²) in [5.74, 6) is -0.452. The van der Waals surface area contributed by atoms with Crippen LogP contribution in [0.15, 0.2) is 35.7 Å². The number of esters is 1. The number of hydrogen-bond acceptors (Lipinski definition) is 4.